The highest BCUT2D eigenvalue weighted by molar-refractivity contribution is 5.94. The van der Waals surface area contributed by atoms with Crippen molar-refractivity contribution in [2.75, 3.05) is 6.54 Å². The molecule has 8 nitrogen and oxygen atoms in total. The number of carbonyl (C=O) groups is 1. The summed E-state index contributed by atoms with van der Waals surface area (Å²) in [6, 6.07) is 9.76. The standard InChI is InChI=1S/C18H13F3N4O4/c19-18(20,21)13-5-1-3-11(9-13)16-23-15(29-24-16)7-8-22-17(26)12-4-2-6-14(10-12)25(27)28/h1-6,9-10H,7-8H2,(H,22,26). The molecule has 29 heavy (non-hydrogen) atoms. The summed E-state index contributed by atoms with van der Waals surface area (Å²) in [5.74, 6) is -0.404. The summed E-state index contributed by atoms with van der Waals surface area (Å²) in [5.41, 5.74) is -0.768. The van der Waals surface area contributed by atoms with Crippen molar-refractivity contribution >= 4 is 11.6 Å². The van der Waals surface area contributed by atoms with Crippen molar-refractivity contribution in [1.82, 2.24) is 15.5 Å². The number of hydrogen-bond donors (Lipinski definition) is 1. The molecule has 1 amide bonds. The quantitative estimate of drug-likeness (QED) is 0.494. The van der Waals surface area contributed by atoms with Crippen LogP contribution in [-0.2, 0) is 12.6 Å². The maximum absolute atomic E-state index is 12.8. The normalized spacial score (nSPS) is 11.3. The molecule has 1 N–H and O–H groups in total. The highest BCUT2D eigenvalue weighted by Gasteiger charge is 2.30. The lowest BCUT2D eigenvalue weighted by Crippen LogP contribution is -2.25. The fourth-order valence-electron chi connectivity index (χ4n) is 2.45. The van der Waals surface area contributed by atoms with Crippen LogP contribution in [-0.4, -0.2) is 27.5 Å². The number of non-ortho nitro benzene ring substituents is 1. The largest absolute Gasteiger partial charge is 0.416 e. The minimum Gasteiger partial charge on any atom is -0.352 e. The van der Waals surface area contributed by atoms with Crippen LogP contribution < -0.4 is 5.32 Å². The van der Waals surface area contributed by atoms with Gasteiger partial charge in [0, 0.05) is 36.2 Å². The molecule has 0 atom stereocenters. The summed E-state index contributed by atoms with van der Waals surface area (Å²) >= 11 is 0. The Kier molecular flexibility index (Phi) is 5.57. The second-order valence-electron chi connectivity index (χ2n) is 5.90. The number of nitrogens with one attached hydrogen (secondary N) is 1. The van der Waals surface area contributed by atoms with Crippen LogP contribution in [0.25, 0.3) is 11.4 Å². The van der Waals surface area contributed by atoms with E-state index >= 15 is 0 Å². The van der Waals surface area contributed by atoms with Crippen LogP contribution in [0.3, 0.4) is 0 Å². The molecule has 1 aromatic heterocycles. The van der Waals surface area contributed by atoms with Crippen molar-refractivity contribution < 1.29 is 27.4 Å². The van der Waals surface area contributed by atoms with E-state index in [9.17, 15) is 28.1 Å². The number of alkyl halides is 3. The Morgan fingerprint density at radius 3 is 2.66 bits per heavy atom. The molecule has 3 aromatic rings. The molecule has 0 radical (unpaired) electrons. The second-order valence-corrected chi connectivity index (χ2v) is 5.90. The molecule has 11 heteroatoms. The van der Waals surface area contributed by atoms with Crippen molar-refractivity contribution in [3.63, 3.8) is 0 Å². The summed E-state index contributed by atoms with van der Waals surface area (Å²) in [7, 11) is 0. The average molecular weight is 406 g/mol. The van der Waals surface area contributed by atoms with Gasteiger partial charge in [0.05, 0.1) is 10.5 Å². The fourth-order valence-corrected chi connectivity index (χ4v) is 2.45. The van der Waals surface area contributed by atoms with Crippen LogP contribution in [0.1, 0.15) is 21.8 Å². The molecule has 0 saturated carbocycles. The van der Waals surface area contributed by atoms with Gasteiger partial charge in [-0.3, -0.25) is 14.9 Å². The highest BCUT2D eigenvalue weighted by atomic mass is 19.4. The molecule has 0 unspecified atom stereocenters. The number of nitro groups is 1. The van der Waals surface area contributed by atoms with Crippen LogP contribution in [0.5, 0.6) is 0 Å². The van der Waals surface area contributed by atoms with Crippen molar-refractivity contribution in [3.8, 4) is 11.4 Å². The molecule has 0 aliphatic carbocycles. The van der Waals surface area contributed by atoms with Gasteiger partial charge in [-0.2, -0.15) is 18.2 Å². The predicted octanol–water partition coefficient (Wildman–Crippen LogP) is 3.64. The van der Waals surface area contributed by atoms with E-state index in [-0.39, 0.29) is 41.5 Å². The Bertz CT molecular complexity index is 1050. The zero-order valence-electron chi connectivity index (χ0n) is 14.6. The summed E-state index contributed by atoms with van der Waals surface area (Å²) in [4.78, 5) is 26.2. The number of hydrogen-bond acceptors (Lipinski definition) is 6. The summed E-state index contributed by atoms with van der Waals surface area (Å²) < 4.78 is 43.4. The first-order valence-electron chi connectivity index (χ1n) is 8.27. The van der Waals surface area contributed by atoms with E-state index in [1.54, 1.807) is 0 Å². The lowest BCUT2D eigenvalue weighted by atomic mass is 10.1. The van der Waals surface area contributed by atoms with Gasteiger partial charge in [-0.25, -0.2) is 0 Å². The van der Waals surface area contributed by atoms with E-state index in [4.69, 9.17) is 4.52 Å². The van der Waals surface area contributed by atoms with E-state index in [1.807, 2.05) is 0 Å². The molecule has 0 spiro atoms. The van der Waals surface area contributed by atoms with Gasteiger partial charge < -0.3 is 9.84 Å². The van der Waals surface area contributed by atoms with Crippen LogP contribution in [0.2, 0.25) is 0 Å². The Morgan fingerprint density at radius 1 is 1.17 bits per heavy atom. The number of carbonyl (C=O) groups excluding carboxylic acids is 1. The lowest BCUT2D eigenvalue weighted by molar-refractivity contribution is -0.384. The lowest BCUT2D eigenvalue weighted by Gasteiger charge is -2.06. The van der Waals surface area contributed by atoms with E-state index in [0.29, 0.717) is 0 Å². The smallest absolute Gasteiger partial charge is 0.352 e. The molecule has 3 rings (SSSR count). The van der Waals surface area contributed by atoms with Crippen LogP contribution in [0.4, 0.5) is 18.9 Å². The van der Waals surface area contributed by atoms with Gasteiger partial charge in [0.25, 0.3) is 11.6 Å². The average Bonchev–Trinajstić information content (AvgIpc) is 3.16. The zero-order valence-corrected chi connectivity index (χ0v) is 14.6. The Balaban J connectivity index is 1.61. The molecule has 0 fully saturated rings. The molecular weight excluding hydrogens is 393 g/mol. The monoisotopic (exact) mass is 406 g/mol. The molecule has 1 heterocycles. The maximum Gasteiger partial charge on any atom is 0.416 e. The van der Waals surface area contributed by atoms with Crippen LogP contribution in [0.15, 0.2) is 53.1 Å². The third-order valence-electron chi connectivity index (χ3n) is 3.86. The number of nitrogens with zero attached hydrogens (tertiary/aromatic N) is 3. The number of halogens is 3. The number of aromatic nitrogens is 2. The Labute approximate surface area is 161 Å². The first-order valence-corrected chi connectivity index (χ1v) is 8.27. The number of rotatable bonds is 6. The van der Waals surface area contributed by atoms with Gasteiger partial charge in [0.1, 0.15) is 0 Å². The predicted molar refractivity (Wildman–Crippen MR) is 93.9 cm³/mol. The molecule has 150 valence electrons. The SMILES string of the molecule is O=C(NCCc1nc(-c2cccc(C(F)(F)F)c2)no1)c1cccc([N+](=O)[O-])c1. The summed E-state index contributed by atoms with van der Waals surface area (Å²) in [6.45, 7) is 0.0890. The van der Waals surface area contributed by atoms with Crippen LogP contribution in [0, 0.1) is 10.1 Å². The van der Waals surface area contributed by atoms with Crippen LogP contribution >= 0.6 is 0 Å². The molecular formula is C18H13F3N4O4. The molecule has 0 aliphatic heterocycles. The topological polar surface area (TPSA) is 111 Å². The minimum atomic E-state index is -4.49. The Morgan fingerprint density at radius 2 is 1.93 bits per heavy atom. The zero-order chi connectivity index (χ0) is 21.0. The first kappa shape index (κ1) is 20.0. The maximum atomic E-state index is 12.8. The van der Waals surface area contributed by atoms with Crippen molar-refractivity contribution in [2.24, 2.45) is 0 Å². The van der Waals surface area contributed by atoms with Crippen molar-refractivity contribution in [2.45, 2.75) is 12.6 Å². The van der Waals surface area contributed by atoms with Crippen molar-refractivity contribution in [1.29, 1.82) is 0 Å². The van der Waals surface area contributed by atoms with E-state index in [2.05, 4.69) is 15.5 Å². The third-order valence-corrected chi connectivity index (χ3v) is 3.86. The van der Waals surface area contributed by atoms with Gasteiger partial charge in [0.15, 0.2) is 0 Å². The van der Waals surface area contributed by atoms with Gasteiger partial charge >= 0.3 is 6.18 Å². The van der Waals surface area contributed by atoms with Crippen molar-refractivity contribution in [3.05, 3.63) is 75.7 Å². The third kappa shape index (κ3) is 4.94. The highest BCUT2D eigenvalue weighted by Crippen LogP contribution is 2.31. The van der Waals surface area contributed by atoms with E-state index in [0.717, 1.165) is 18.2 Å². The van der Waals surface area contributed by atoms with E-state index in [1.165, 1.54) is 30.3 Å². The van der Waals surface area contributed by atoms with Gasteiger partial charge in [-0.05, 0) is 18.2 Å². The molecule has 2 aromatic carbocycles. The van der Waals surface area contributed by atoms with E-state index < -0.39 is 22.6 Å². The molecule has 0 aliphatic rings. The summed E-state index contributed by atoms with van der Waals surface area (Å²) in [5, 5.41) is 17.0. The minimum absolute atomic E-state index is 0.00360. The van der Waals surface area contributed by atoms with Gasteiger partial charge in [-0.1, -0.05) is 23.4 Å². The summed E-state index contributed by atoms with van der Waals surface area (Å²) in [6.07, 6.45) is -4.36. The fraction of sp³-hybridized carbons (Fsp3) is 0.167. The second kappa shape index (κ2) is 8.09. The number of nitro benzene ring substituents is 1. The Hall–Kier alpha value is -3.76. The number of amides is 1. The molecule has 0 bridgehead atoms. The molecule has 0 saturated heterocycles. The number of benzene rings is 2. The first-order chi connectivity index (χ1) is 13.7. The van der Waals surface area contributed by atoms with Gasteiger partial charge in [0.2, 0.25) is 11.7 Å². The van der Waals surface area contributed by atoms with Gasteiger partial charge in [-0.15, -0.1) is 0 Å².